The number of nitrogens with zero attached hydrogens (tertiary/aromatic N) is 1. The second-order valence-electron chi connectivity index (χ2n) is 6.33. The number of urea groups is 1. The van der Waals surface area contributed by atoms with Crippen molar-refractivity contribution in [2.45, 2.75) is 12.8 Å². The number of ether oxygens (including phenoxy) is 1. The maximum Gasteiger partial charge on any atom is 0.321 e. The minimum atomic E-state index is -0.678. The van der Waals surface area contributed by atoms with Gasteiger partial charge < -0.3 is 25.6 Å². The highest BCUT2D eigenvalue weighted by atomic mass is 19.1. The molecule has 1 aromatic carbocycles. The van der Waals surface area contributed by atoms with Crippen LogP contribution in [0.3, 0.4) is 0 Å². The van der Waals surface area contributed by atoms with Gasteiger partial charge in [-0.15, -0.1) is 0 Å². The molecule has 0 saturated carbocycles. The molecule has 0 bridgehead atoms. The van der Waals surface area contributed by atoms with Crippen molar-refractivity contribution in [2.75, 3.05) is 45.2 Å². The van der Waals surface area contributed by atoms with Gasteiger partial charge in [0, 0.05) is 39.0 Å². The standard InChI is InChI=1S/C18H25FN4O4/c1-27-11-8-20-16(24)17(25)21-12-13-6-9-23(10-7-13)18(26)22-15-4-2-14(19)3-5-15/h2-5,13H,6-12H2,1H3,(H,20,24)(H,21,25)(H,22,26). The van der Waals surface area contributed by atoms with E-state index >= 15 is 0 Å². The molecule has 1 fully saturated rings. The number of anilines is 1. The fraction of sp³-hybridized carbons (Fsp3) is 0.500. The molecule has 0 radical (unpaired) electrons. The molecule has 148 valence electrons. The van der Waals surface area contributed by atoms with Gasteiger partial charge in [0.1, 0.15) is 5.82 Å². The number of methoxy groups -OCH3 is 1. The monoisotopic (exact) mass is 380 g/mol. The lowest BCUT2D eigenvalue weighted by Crippen LogP contribution is -2.46. The van der Waals surface area contributed by atoms with Gasteiger partial charge >= 0.3 is 17.8 Å². The first-order chi connectivity index (χ1) is 13.0. The van der Waals surface area contributed by atoms with Crippen LogP contribution in [0.15, 0.2) is 24.3 Å². The summed E-state index contributed by atoms with van der Waals surface area (Å²) in [6, 6.07) is 5.35. The molecule has 8 nitrogen and oxygen atoms in total. The van der Waals surface area contributed by atoms with Crippen LogP contribution in [0.5, 0.6) is 0 Å². The Hall–Kier alpha value is -2.68. The third-order valence-electron chi connectivity index (χ3n) is 4.35. The van der Waals surface area contributed by atoms with Crippen molar-refractivity contribution >= 4 is 23.5 Å². The third kappa shape index (κ3) is 6.86. The number of piperidine rings is 1. The summed E-state index contributed by atoms with van der Waals surface area (Å²) in [7, 11) is 1.51. The second-order valence-corrected chi connectivity index (χ2v) is 6.33. The van der Waals surface area contributed by atoms with Crippen LogP contribution in [0.2, 0.25) is 0 Å². The number of halogens is 1. The van der Waals surface area contributed by atoms with Gasteiger partial charge in [-0.25, -0.2) is 9.18 Å². The largest absolute Gasteiger partial charge is 0.383 e. The van der Waals surface area contributed by atoms with Crippen molar-refractivity contribution in [1.82, 2.24) is 15.5 Å². The number of likely N-dealkylation sites (tertiary alicyclic amines) is 1. The highest BCUT2D eigenvalue weighted by Gasteiger charge is 2.24. The summed E-state index contributed by atoms with van der Waals surface area (Å²) in [6.07, 6.45) is 1.45. The van der Waals surface area contributed by atoms with Crippen LogP contribution in [0.25, 0.3) is 0 Å². The van der Waals surface area contributed by atoms with Crippen molar-refractivity contribution in [2.24, 2.45) is 5.92 Å². The summed E-state index contributed by atoms with van der Waals surface area (Å²) in [5.41, 5.74) is 0.537. The molecular formula is C18H25FN4O4. The van der Waals surface area contributed by atoms with E-state index in [-0.39, 0.29) is 24.3 Å². The topological polar surface area (TPSA) is 99.8 Å². The van der Waals surface area contributed by atoms with E-state index in [1.807, 2.05) is 0 Å². The van der Waals surface area contributed by atoms with Gasteiger partial charge in [0.05, 0.1) is 6.61 Å². The Labute approximate surface area is 157 Å². The Balaban J connectivity index is 1.67. The highest BCUT2D eigenvalue weighted by molar-refractivity contribution is 6.35. The SMILES string of the molecule is COCCNC(=O)C(=O)NCC1CCN(C(=O)Nc2ccc(F)cc2)CC1. The van der Waals surface area contributed by atoms with Gasteiger partial charge in [0.2, 0.25) is 0 Å². The van der Waals surface area contributed by atoms with E-state index in [4.69, 9.17) is 4.74 Å². The maximum atomic E-state index is 12.9. The summed E-state index contributed by atoms with van der Waals surface area (Å²) >= 11 is 0. The number of carbonyl (C=O) groups excluding carboxylic acids is 3. The summed E-state index contributed by atoms with van der Waals surface area (Å²) < 4.78 is 17.7. The third-order valence-corrected chi connectivity index (χ3v) is 4.35. The number of rotatable bonds is 6. The number of amides is 4. The number of hydrogen-bond acceptors (Lipinski definition) is 4. The van der Waals surface area contributed by atoms with Crippen molar-refractivity contribution in [3.63, 3.8) is 0 Å². The smallest absolute Gasteiger partial charge is 0.321 e. The predicted molar refractivity (Wildman–Crippen MR) is 97.6 cm³/mol. The van der Waals surface area contributed by atoms with Crippen molar-refractivity contribution in [3.05, 3.63) is 30.1 Å². The van der Waals surface area contributed by atoms with Gasteiger partial charge in [0.25, 0.3) is 0 Å². The lowest BCUT2D eigenvalue weighted by molar-refractivity contribution is -0.139. The lowest BCUT2D eigenvalue weighted by Gasteiger charge is -2.32. The van der Waals surface area contributed by atoms with Gasteiger partial charge in [-0.05, 0) is 43.0 Å². The fourth-order valence-electron chi connectivity index (χ4n) is 2.74. The van der Waals surface area contributed by atoms with Crippen LogP contribution in [0, 0.1) is 11.7 Å². The first-order valence-electron chi connectivity index (χ1n) is 8.86. The molecule has 4 amide bonds. The molecule has 0 aliphatic carbocycles. The molecule has 0 unspecified atom stereocenters. The summed E-state index contributed by atoms with van der Waals surface area (Å²) in [4.78, 5) is 37.2. The minimum Gasteiger partial charge on any atom is -0.383 e. The fourth-order valence-corrected chi connectivity index (χ4v) is 2.74. The number of carbonyl (C=O) groups is 3. The number of nitrogens with one attached hydrogen (secondary N) is 3. The average Bonchev–Trinajstić information content (AvgIpc) is 2.68. The summed E-state index contributed by atoms with van der Waals surface area (Å²) in [5, 5.41) is 7.81. The Morgan fingerprint density at radius 2 is 1.74 bits per heavy atom. The van der Waals surface area contributed by atoms with Crippen LogP contribution < -0.4 is 16.0 Å². The van der Waals surface area contributed by atoms with Gasteiger partial charge in [0.15, 0.2) is 0 Å². The molecule has 3 N–H and O–H groups in total. The first-order valence-corrected chi connectivity index (χ1v) is 8.86. The predicted octanol–water partition coefficient (Wildman–Crippen LogP) is 0.948. The van der Waals surface area contributed by atoms with E-state index in [9.17, 15) is 18.8 Å². The Bertz CT molecular complexity index is 645. The Morgan fingerprint density at radius 3 is 2.37 bits per heavy atom. The first kappa shape index (κ1) is 20.6. The van der Waals surface area contributed by atoms with Gasteiger partial charge in [-0.1, -0.05) is 0 Å². The number of benzene rings is 1. The maximum absolute atomic E-state index is 12.9. The molecule has 9 heteroatoms. The van der Waals surface area contributed by atoms with E-state index in [2.05, 4.69) is 16.0 Å². The van der Waals surface area contributed by atoms with Gasteiger partial charge in [-0.3, -0.25) is 9.59 Å². The molecule has 0 spiro atoms. The number of hydrogen-bond donors (Lipinski definition) is 3. The van der Waals surface area contributed by atoms with E-state index < -0.39 is 11.8 Å². The quantitative estimate of drug-likeness (QED) is 0.505. The molecular weight excluding hydrogens is 355 g/mol. The molecule has 1 saturated heterocycles. The van der Waals surface area contributed by atoms with Crippen LogP contribution in [0.4, 0.5) is 14.9 Å². The zero-order valence-corrected chi connectivity index (χ0v) is 15.3. The van der Waals surface area contributed by atoms with Crippen molar-refractivity contribution in [3.8, 4) is 0 Å². The Kier molecular flexibility index (Phi) is 8.00. The van der Waals surface area contributed by atoms with E-state index in [1.165, 1.54) is 31.4 Å². The van der Waals surface area contributed by atoms with Crippen molar-refractivity contribution in [1.29, 1.82) is 0 Å². The summed E-state index contributed by atoms with van der Waals surface area (Å²) in [5.74, 6) is -1.50. The van der Waals surface area contributed by atoms with Crippen LogP contribution >= 0.6 is 0 Å². The average molecular weight is 380 g/mol. The molecule has 1 aliphatic heterocycles. The zero-order chi connectivity index (χ0) is 19.6. The van der Waals surface area contributed by atoms with E-state index in [0.29, 0.717) is 31.9 Å². The molecule has 27 heavy (non-hydrogen) atoms. The normalized spacial score (nSPS) is 14.5. The van der Waals surface area contributed by atoms with Crippen LogP contribution in [-0.4, -0.2) is 62.6 Å². The highest BCUT2D eigenvalue weighted by Crippen LogP contribution is 2.18. The molecule has 1 heterocycles. The van der Waals surface area contributed by atoms with Crippen LogP contribution in [-0.2, 0) is 14.3 Å². The molecule has 1 aliphatic rings. The van der Waals surface area contributed by atoms with E-state index in [1.54, 1.807) is 4.90 Å². The Morgan fingerprint density at radius 1 is 1.11 bits per heavy atom. The lowest BCUT2D eigenvalue weighted by atomic mass is 9.97. The van der Waals surface area contributed by atoms with Gasteiger partial charge in [-0.2, -0.15) is 0 Å². The van der Waals surface area contributed by atoms with E-state index in [0.717, 1.165) is 12.8 Å². The minimum absolute atomic E-state index is 0.204. The molecule has 0 atom stereocenters. The molecule has 2 rings (SSSR count). The van der Waals surface area contributed by atoms with Crippen LogP contribution in [0.1, 0.15) is 12.8 Å². The summed E-state index contributed by atoms with van der Waals surface area (Å²) in [6.45, 7) is 2.12. The van der Waals surface area contributed by atoms with Crippen molar-refractivity contribution < 1.29 is 23.5 Å². The zero-order valence-electron chi connectivity index (χ0n) is 15.3. The molecule has 0 aromatic heterocycles. The second kappa shape index (κ2) is 10.5. The molecule has 1 aromatic rings.